The van der Waals surface area contributed by atoms with Crippen LogP contribution in [0.4, 0.5) is 0 Å². The van der Waals surface area contributed by atoms with Gasteiger partial charge in [0.25, 0.3) is 0 Å². The van der Waals surface area contributed by atoms with Gasteiger partial charge in [-0.1, -0.05) is 6.07 Å². The molecule has 1 N–H and O–H groups in total. The van der Waals surface area contributed by atoms with Crippen LogP contribution >= 0.6 is 11.3 Å². The second kappa shape index (κ2) is 5.97. The predicted octanol–water partition coefficient (Wildman–Crippen LogP) is 2.82. The van der Waals surface area contributed by atoms with Crippen molar-refractivity contribution in [3.05, 3.63) is 52.5 Å². The first-order valence-electron chi connectivity index (χ1n) is 5.26. The number of hydrogen-bond donors (Lipinski definition) is 1. The lowest BCUT2D eigenvalue weighted by Crippen LogP contribution is -1.94. The molecule has 0 aliphatic heterocycles. The molecular weight excluding hydrogens is 250 g/mol. The number of nitrogens with zero attached hydrogens (tertiary/aromatic N) is 1. The van der Waals surface area contributed by atoms with Crippen LogP contribution in [0.1, 0.15) is 10.6 Å². The quantitative estimate of drug-likeness (QED) is 0.841. The summed E-state index contributed by atoms with van der Waals surface area (Å²) in [5.41, 5.74) is 0.584. The Labute approximate surface area is 108 Å². The summed E-state index contributed by atoms with van der Waals surface area (Å²) < 4.78 is 5.54. The van der Waals surface area contributed by atoms with E-state index >= 15 is 0 Å². The molecule has 0 aromatic carbocycles. The molecule has 2 aromatic heterocycles. The summed E-state index contributed by atoms with van der Waals surface area (Å²) >= 11 is 1.63. The number of thiophene rings is 1. The number of aliphatic carboxylic acids is 1. The molecule has 0 aliphatic rings. The number of aromatic nitrogens is 1. The minimum Gasteiger partial charge on any atom is -0.486 e. The standard InChI is InChI=1S/C13H11NO3S/c15-13(16)6-4-10-3-5-11(8-14-10)17-9-12-2-1-7-18-12/h1-8H,9H2,(H,15,16). The van der Waals surface area contributed by atoms with E-state index in [9.17, 15) is 4.79 Å². The Morgan fingerprint density at radius 2 is 2.33 bits per heavy atom. The van der Waals surface area contributed by atoms with Gasteiger partial charge in [-0.15, -0.1) is 11.3 Å². The van der Waals surface area contributed by atoms with Gasteiger partial charge in [-0.2, -0.15) is 0 Å². The number of hydrogen-bond acceptors (Lipinski definition) is 4. The van der Waals surface area contributed by atoms with Gasteiger partial charge in [0.1, 0.15) is 12.4 Å². The lowest BCUT2D eigenvalue weighted by molar-refractivity contribution is -0.131. The van der Waals surface area contributed by atoms with Crippen molar-refractivity contribution >= 4 is 23.4 Å². The third-order valence-corrected chi connectivity index (χ3v) is 2.97. The van der Waals surface area contributed by atoms with Crippen molar-refractivity contribution < 1.29 is 14.6 Å². The highest BCUT2D eigenvalue weighted by Crippen LogP contribution is 2.15. The molecule has 0 fully saturated rings. The number of carboxylic acids is 1. The van der Waals surface area contributed by atoms with Crippen LogP contribution in [-0.2, 0) is 11.4 Å². The van der Waals surface area contributed by atoms with E-state index in [4.69, 9.17) is 9.84 Å². The van der Waals surface area contributed by atoms with E-state index in [1.165, 1.54) is 6.08 Å². The third kappa shape index (κ3) is 3.71. The van der Waals surface area contributed by atoms with Crippen LogP contribution < -0.4 is 4.74 Å². The summed E-state index contributed by atoms with van der Waals surface area (Å²) in [7, 11) is 0. The zero-order valence-electron chi connectivity index (χ0n) is 9.45. The lowest BCUT2D eigenvalue weighted by atomic mass is 10.3. The maximum atomic E-state index is 10.3. The second-order valence-electron chi connectivity index (χ2n) is 3.46. The first kappa shape index (κ1) is 12.3. The molecule has 2 aromatic rings. The summed E-state index contributed by atoms with van der Waals surface area (Å²) in [5.74, 6) is -0.328. The van der Waals surface area contributed by atoms with Gasteiger partial charge in [0, 0.05) is 11.0 Å². The molecule has 0 unspecified atom stereocenters. The number of rotatable bonds is 5. The molecule has 2 rings (SSSR count). The second-order valence-corrected chi connectivity index (χ2v) is 4.49. The number of pyridine rings is 1. The molecule has 0 saturated carbocycles. The van der Waals surface area contributed by atoms with Crippen LogP contribution in [0.15, 0.2) is 41.9 Å². The van der Waals surface area contributed by atoms with Gasteiger partial charge in [0.2, 0.25) is 0 Å². The largest absolute Gasteiger partial charge is 0.486 e. The normalized spacial score (nSPS) is 10.7. The minimum atomic E-state index is -0.991. The molecule has 0 saturated heterocycles. The highest BCUT2D eigenvalue weighted by molar-refractivity contribution is 7.09. The zero-order chi connectivity index (χ0) is 12.8. The highest BCUT2D eigenvalue weighted by atomic mass is 32.1. The van der Waals surface area contributed by atoms with Crippen molar-refractivity contribution in [1.29, 1.82) is 0 Å². The van der Waals surface area contributed by atoms with E-state index in [0.29, 0.717) is 18.1 Å². The summed E-state index contributed by atoms with van der Waals surface area (Å²) in [6.07, 6.45) is 4.06. The molecule has 0 aliphatic carbocycles. The van der Waals surface area contributed by atoms with Crippen molar-refractivity contribution in [1.82, 2.24) is 4.98 Å². The highest BCUT2D eigenvalue weighted by Gasteiger charge is 1.97. The minimum absolute atomic E-state index is 0.518. The average molecular weight is 261 g/mol. The molecular formula is C13H11NO3S. The van der Waals surface area contributed by atoms with Gasteiger partial charge < -0.3 is 9.84 Å². The van der Waals surface area contributed by atoms with Crippen LogP contribution in [-0.4, -0.2) is 16.1 Å². The van der Waals surface area contributed by atoms with E-state index in [1.54, 1.807) is 29.7 Å². The molecule has 0 bridgehead atoms. The summed E-state index contributed by atoms with van der Waals surface area (Å²) in [6.45, 7) is 0.518. The number of ether oxygens (including phenoxy) is 1. The Bertz CT molecular complexity index is 532. The molecule has 0 amide bonds. The third-order valence-electron chi connectivity index (χ3n) is 2.12. The van der Waals surface area contributed by atoms with Gasteiger partial charge in [-0.3, -0.25) is 4.98 Å². The van der Waals surface area contributed by atoms with Crippen LogP contribution in [0.3, 0.4) is 0 Å². The maximum Gasteiger partial charge on any atom is 0.328 e. The monoisotopic (exact) mass is 261 g/mol. The molecule has 18 heavy (non-hydrogen) atoms. The first-order chi connectivity index (χ1) is 8.74. The lowest BCUT2D eigenvalue weighted by Gasteiger charge is -2.03. The van der Waals surface area contributed by atoms with E-state index in [1.807, 2.05) is 17.5 Å². The van der Waals surface area contributed by atoms with E-state index < -0.39 is 5.97 Å². The fraction of sp³-hybridized carbons (Fsp3) is 0.0769. The molecule has 4 nitrogen and oxygen atoms in total. The van der Waals surface area contributed by atoms with Crippen LogP contribution in [0.2, 0.25) is 0 Å². The Hall–Kier alpha value is -2.14. The maximum absolute atomic E-state index is 10.3. The van der Waals surface area contributed by atoms with Gasteiger partial charge >= 0.3 is 5.97 Å². The summed E-state index contributed by atoms with van der Waals surface area (Å²) in [6, 6.07) is 7.45. The predicted molar refractivity (Wildman–Crippen MR) is 69.6 cm³/mol. The summed E-state index contributed by atoms with van der Waals surface area (Å²) in [4.78, 5) is 15.6. The average Bonchev–Trinajstić information content (AvgIpc) is 2.88. The van der Waals surface area contributed by atoms with Crippen molar-refractivity contribution in [3.63, 3.8) is 0 Å². The number of carbonyl (C=O) groups is 1. The molecule has 2 heterocycles. The zero-order valence-corrected chi connectivity index (χ0v) is 10.3. The first-order valence-corrected chi connectivity index (χ1v) is 6.14. The SMILES string of the molecule is O=C(O)C=Cc1ccc(OCc2cccs2)cn1. The topological polar surface area (TPSA) is 59.4 Å². The van der Waals surface area contributed by atoms with Gasteiger partial charge in [-0.25, -0.2) is 4.79 Å². The molecule has 5 heteroatoms. The van der Waals surface area contributed by atoms with Crippen molar-refractivity contribution in [2.75, 3.05) is 0 Å². The fourth-order valence-electron chi connectivity index (χ4n) is 1.28. The fourth-order valence-corrected chi connectivity index (χ4v) is 1.90. The molecule has 92 valence electrons. The van der Waals surface area contributed by atoms with Crippen molar-refractivity contribution in [2.45, 2.75) is 6.61 Å². The van der Waals surface area contributed by atoms with E-state index in [-0.39, 0.29) is 0 Å². The van der Waals surface area contributed by atoms with Gasteiger partial charge in [0.15, 0.2) is 0 Å². The Morgan fingerprint density at radius 3 is 2.94 bits per heavy atom. The Kier molecular flexibility index (Phi) is 4.09. The van der Waals surface area contributed by atoms with Crippen LogP contribution in [0, 0.1) is 0 Å². The van der Waals surface area contributed by atoms with Crippen molar-refractivity contribution in [3.8, 4) is 5.75 Å². The van der Waals surface area contributed by atoms with Crippen LogP contribution in [0.5, 0.6) is 5.75 Å². The van der Waals surface area contributed by atoms with Gasteiger partial charge in [0.05, 0.1) is 11.9 Å². The Balaban J connectivity index is 1.93. The van der Waals surface area contributed by atoms with E-state index in [2.05, 4.69) is 4.98 Å². The molecule has 0 atom stereocenters. The van der Waals surface area contributed by atoms with E-state index in [0.717, 1.165) is 11.0 Å². The van der Waals surface area contributed by atoms with Crippen LogP contribution in [0.25, 0.3) is 6.08 Å². The smallest absolute Gasteiger partial charge is 0.328 e. The molecule has 0 spiro atoms. The molecule has 0 radical (unpaired) electrons. The summed E-state index contributed by atoms with van der Waals surface area (Å²) in [5, 5.41) is 10.5. The van der Waals surface area contributed by atoms with Crippen molar-refractivity contribution in [2.24, 2.45) is 0 Å². The van der Waals surface area contributed by atoms with Gasteiger partial charge in [-0.05, 0) is 29.7 Å². The number of carboxylic acid groups (broad SMARTS) is 1. The Morgan fingerprint density at radius 1 is 1.44 bits per heavy atom.